The van der Waals surface area contributed by atoms with E-state index in [0.29, 0.717) is 48.7 Å². The van der Waals surface area contributed by atoms with Crippen LogP contribution in [0.15, 0.2) is 45.7 Å². The quantitative estimate of drug-likeness (QED) is 0.295. The Kier molecular flexibility index (Phi) is 8.00. The number of ether oxygens (including phenoxy) is 1. The summed E-state index contributed by atoms with van der Waals surface area (Å²) in [6.45, 7) is 2.82. The molecule has 0 aliphatic carbocycles. The zero-order valence-corrected chi connectivity index (χ0v) is 25.9. The van der Waals surface area contributed by atoms with Crippen LogP contribution in [0, 0.1) is 0 Å². The molecule has 0 bridgehead atoms. The summed E-state index contributed by atoms with van der Waals surface area (Å²) in [6.07, 6.45) is 2.90. The molecule has 12 nitrogen and oxygen atoms in total. The van der Waals surface area contributed by atoms with Gasteiger partial charge in [0, 0.05) is 79.0 Å². The van der Waals surface area contributed by atoms with Gasteiger partial charge in [-0.15, -0.1) is 0 Å². The molecule has 1 fully saturated rings. The summed E-state index contributed by atoms with van der Waals surface area (Å²) in [5.41, 5.74) is 4.41. The minimum atomic E-state index is -3.36. The van der Waals surface area contributed by atoms with Crippen molar-refractivity contribution in [3.05, 3.63) is 62.6 Å². The van der Waals surface area contributed by atoms with E-state index in [9.17, 15) is 18.3 Å². The van der Waals surface area contributed by atoms with Crippen LogP contribution in [0.5, 0.6) is 5.88 Å². The molecule has 3 aromatic heterocycles. The Morgan fingerprint density at radius 2 is 1.88 bits per heavy atom. The molecule has 1 unspecified atom stereocenters. The number of nitrogens with one attached hydrogen (secondary N) is 1. The number of fused-ring (bicyclic) bond motifs is 2. The summed E-state index contributed by atoms with van der Waals surface area (Å²) >= 11 is 3.47. The van der Waals surface area contributed by atoms with Crippen LogP contribution in [0.4, 0.5) is 0 Å². The summed E-state index contributed by atoms with van der Waals surface area (Å²) in [6, 6.07) is 11.3. The van der Waals surface area contributed by atoms with Gasteiger partial charge < -0.3 is 19.7 Å². The molecule has 0 saturated carbocycles. The van der Waals surface area contributed by atoms with Crippen molar-refractivity contribution >= 4 is 37.1 Å². The fraction of sp³-hybridized carbons (Fsp3) is 0.464. The molecule has 14 heteroatoms. The molecule has 42 heavy (non-hydrogen) atoms. The second-order valence-electron chi connectivity index (χ2n) is 10.9. The molecule has 224 valence electrons. The van der Waals surface area contributed by atoms with Crippen LogP contribution < -0.4 is 10.4 Å². The lowest BCUT2D eigenvalue weighted by Gasteiger charge is -2.33. The van der Waals surface area contributed by atoms with Gasteiger partial charge in [0.2, 0.25) is 15.9 Å². The number of benzene rings is 1. The molecule has 4 aromatic rings. The molecule has 2 aliphatic heterocycles. The number of aliphatic hydroxyl groups excluding tert-OH is 1. The monoisotopic (exact) mass is 659 g/mol. The summed E-state index contributed by atoms with van der Waals surface area (Å²) in [7, 11) is -1.81. The Morgan fingerprint density at radius 1 is 1.14 bits per heavy atom. The highest BCUT2D eigenvalue weighted by Crippen LogP contribution is 2.33. The molecule has 2 aliphatic rings. The fourth-order valence-electron chi connectivity index (χ4n) is 6.05. The molecule has 1 atom stereocenters. The first-order valence-corrected chi connectivity index (χ1v) is 16.6. The molecule has 1 aromatic carbocycles. The molecular weight excluding hydrogens is 626 g/mol. The summed E-state index contributed by atoms with van der Waals surface area (Å²) < 4.78 is 35.7. The molecule has 1 saturated heterocycles. The third-order valence-corrected chi connectivity index (χ3v) is 10.1. The number of aromatic nitrogens is 5. The molecule has 6 rings (SSSR count). The lowest BCUT2D eigenvalue weighted by atomic mass is 10.0. The third-order valence-electron chi connectivity index (χ3n) is 8.29. The minimum Gasteiger partial charge on any atom is -0.481 e. The molecule has 0 spiro atoms. The SMILES string of the molecule is COc1ccc2[nH]c(=O)n(C3CCN(CCC(O)n4nc(-c5ccc(Br)cc5)c5c4CCN(S(C)(=O)=O)C5)CC3)c2n1. The van der Waals surface area contributed by atoms with Gasteiger partial charge in [-0.05, 0) is 31.0 Å². The third kappa shape index (κ3) is 5.65. The maximum Gasteiger partial charge on any atom is 0.327 e. The van der Waals surface area contributed by atoms with Gasteiger partial charge in [-0.3, -0.25) is 4.57 Å². The van der Waals surface area contributed by atoms with E-state index in [1.165, 1.54) is 10.6 Å². The van der Waals surface area contributed by atoms with Gasteiger partial charge in [-0.25, -0.2) is 17.9 Å². The van der Waals surface area contributed by atoms with Crippen LogP contribution in [-0.2, 0) is 23.0 Å². The largest absolute Gasteiger partial charge is 0.481 e. The zero-order valence-electron chi connectivity index (χ0n) is 23.5. The maximum atomic E-state index is 12.7. The van der Waals surface area contributed by atoms with Crippen molar-refractivity contribution < 1.29 is 18.3 Å². The Labute approximate surface area is 252 Å². The highest BCUT2D eigenvalue weighted by atomic mass is 79.9. The Morgan fingerprint density at radius 3 is 2.57 bits per heavy atom. The lowest BCUT2D eigenvalue weighted by Crippen LogP contribution is -2.38. The van der Waals surface area contributed by atoms with Gasteiger partial charge in [0.1, 0.15) is 6.23 Å². The van der Waals surface area contributed by atoms with Crippen molar-refractivity contribution in [1.29, 1.82) is 0 Å². The normalized spacial score (nSPS) is 17.9. The summed E-state index contributed by atoms with van der Waals surface area (Å²) in [5.74, 6) is 0.467. The van der Waals surface area contributed by atoms with Crippen molar-refractivity contribution in [2.45, 2.75) is 44.5 Å². The van der Waals surface area contributed by atoms with Crippen molar-refractivity contribution in [3.8, 4) is 17.1 Å². The summed E-state index contributed by atoms with van der Waals surface area (Å²) in [5, 5.41) is 16.1. The van der Waals surface area contributed by atoms with Gasteiger partial charge in [0.25, 0.3) is 0 Å². The van der Waals surface area contributed by atoms with Crippen molar-refractivity contribution in [3.63, 3.8) is 0 Å². The first-order chi connectivity index (χ1) is 20.1. The van der Waals surface area contributed by atoms with E-state index in [-0.39, 0.29) is 18.3 Å². The van der Waals surface area contributed by atoms with E-state index in [1.54, 1.807) is 22.4 Å². The number of nitrogens with zero attached hydrogens (tertiary/aromatic N) is 6. The maximum absolute atomic E-state index is 12.7. The predicted octanol–water partition coefficient (Wildman–Crippen LogP) is 2.90. The second kappa shape index (κ2) is 11.6. The molecule has 0 amide bonds. The number of sulfonamides is 1. The Hall–Kier alpha value is -3.04. The Balaban J connectivity index is 1.15. The first kappa shape index (κ1) is 29.1. The lowest BCUT2D eigenvalue weighted by molar-refractivity contribution is 0.0592. The van der Waals surface area contributed by atoms with Crippen LogP contribution >= 0.6 is 15.9 Å². The number of aliphatic hydroxyl groups is 1. The smallest absolute Gasteiger partial charge is 0.327 e. The van der Waals surface area contributed by atoms with Crippen LogP contribution in [0.1, 0.15) is 42.8 Å². The highest BCUT2D eigenvalue weighted by molar-refractivity contribution is 9.10. The second-order valence-corrected chi connectivity index (χ2v) is 13.8. The average Bonchev–Trinajstić information content (AvgIpc) is 3.52. The number of hydrogen-bond donors (Lipinski definition) is 2. The van der Waals surface area contributed by atoms with Crippen LogP contribution in [-0.4, -0.2) is 86.6 Å². The molecule has 0 radical (unpaired) electrons. The van der Waals surface area contributed by atoms with Crippen molar-refractivity contribution in [1.82, 2.24) is 33.5 Å². The van der Waals surface area contributed by atoms with E-state index in [0.717, 1.165) is 47.2 Å². The predicted molar refractivity (Wildman–Crippen MR) is 162 cm³/mol. The number of aromatic amines is 1. The number of piperidine rings is 1. The average molecular weight is 661 g/mol. The highest BCUT2D eigenvalue weighted by Gasteiger charge is 2.32. The molecule has 5 heterocycles. The number of pyridine rings is 1. The standard InChI is InChI=1S/C28H34BrN7O5S/c1-41-24-8-7-22-27(31-24)35(28(38)30-22)20-9-13-33(14-10-20)15-12-25(37)36-23-11-16-34(42(2,39)40)17-21(23)26(32-36)18-3-5-19(29)6-4-18/h3-8,20,25,37H,9-17H2,1-2H3,(H,30,38). The number of rotatable bonds is 8. The zero-order chi connectivity index (χ0) is 29.6. The van der Waals surface area contributed by atoms with Crippen LogP contribution in [0.3, 0.4) is 0 Å². The van der Waals surface area contributed by atoms with E-state index in [1.807, 2.05) is 30.3 Å². The van der Waals surface area contributed by atoms with Crippen molar-refractivity contribution in [2.24, 2.45) is 0 Å². The first-order valence-electron chi connectivity index (χ1n) is 14.0. The number of imidazole rings is 1. The number of H-pyrrole nitrogens is 1. The van der Waals surface area contributed by atoms with E-state index < -0.39 is 16.3 Å². The number of halogens is 1. The van der Waals surface area contributed by atoms with Crippen LogP contribution in [0.2, 0.25) is 0 Å². The number of methoxy groups -OCH3 is 1. The van der Waals surface area contributed by atoms with Gasteiger partial charge >= 0.3 is 5.69 Å². The fourth-order valence-corrected chi connectivity index (χ4v) is 7.10. The van der Waals surface area contributed by atoms with Gasteiger partial charge in [-0.2, -0.15) is 14.4 Å². The van der Waals surface area contributed by atoms with Crippen molar-refractivity contribution in [2.75, 3.05) is 39.5 Å². The van der Waals surface area contributed by atoms with E-state index >= 15 is 0 Å². The van der Waals surface area contributed by atoms with Crippen LogP contribution in [0.25, 0.3) is 22.4 Å². The summed E-state index contributed by atoms with van der Waals surface area (Å²) in [4.78, 5) is 22.4. The van der Waals surface area contributed by atoms with Gasteiger partial charge in [0.05, 0.1) is 24.6 Å². The molecule has 2 N–H and O–H groups in total. The van der Waals surface area contributed by atoms with E-state index in [2.05, 4.69) is 30.8 Å². The Bertz CT molecular complexity index is 1760. The minimum absolute atomic E-state index is 0.0245. The van der Waals surface area contributed by atoms with E-state index in [4.69, 9.17) is 9.84 Å². The topological polar surface area (TPSA) is 139 Å². The molecular formula is C28H34BrN7O5S. The van der Waals surface area contributed by atoms with Gasteiger partial charge in [-0.1, -0.05) is 28.1 Å². The number of likely N-dealkylation sites (tertiary alicyclic amines) is 1. The van der Waals surface area contributed by atoms with Gasteiger partial charge in [0.15, 0.2) is 5.65 Å². The number of hydrogen-bond acceptors (Lipinski definition) is 8.